The fraction of sp³-hybridized carbons (Fsp3) is 0.192. The molecule has 0 fully saturated rings. The van der Waals surface area contributed by atoms with Crippen LogP contribution in [0.5, 0.6) is 5.88 Å². The van der Waals surface area contributed by atoms with Crippen molar-refractivity contribution in [1.29, 1.82) is 0 Å². The zero-order chi connectivity index (χ0) is 29.2. The van der Waals surface area contributed by atoms with E-state index < -0.39 is 44.3 Å². The number of carbonyl (C=O) groups is 1. The van der Waals surface area contributed by atoms with Crippen molar-refractivity contribution in [2.75, 3.05) is 6.61 Å². The van der Waals surface area contributed by atoms with Gasteiger partial charge < -0.3 is 10.1 Å². The van der Waals surface area contributed by atoms with Gasteiger partial charge in [0.1, 0.15) is 11.5 Å². The molecule has 1 amide bonds. The van der Waals surface area contributed by atoms with E-state index in [-0.39, 0.29) is 51.8 Å². The van der Waals surface area contributed by atoms with E-state index in [1.807, 2.05) is 0 Å². The molecule has 4 rings (SSSR count). The summed E-state index contributed by atoms with van der Waals surface area (Å²) in [4.78, 5) is 19.8. The molecule has 0 unspecified atom stereocenters. The molecule has 0 aliphatic heterocycles. The molecule has 0 atom stereocenters. The number of amides is 1. The molecule has 0 radical (unpaired) electrons. The van der Waals surface area contributed by atoms with Crippen LogP contribution in [0, 0.1) is 5.82 Å². The second-order valence-electron chi connectivity index (χ2n) is 8.31. The first-order valence-electron chi connectivity index (χ1n) is 11.5. The van der Waals surface area contributed by atoms with Gasteiger partial charge in [-0.1, -0.05) is 23.7 Å². The van der Waals surface area contributed by atoms with Crippen molar-refractivity contribution in [2.24, 2.45) is 0 Å². The number of alkyl halides is 4. The van der Waals surface area contributed by atoms with Crippen molar-refractivity contribution < 1.29 is 39.9 Å². The van der Waals surface area contributed by atoms with Crippen LogP contribution < -0.4 is 10.1 Å². The molecule has 0 spiro atoms. The molecule has 210 valence electrons. The lowest BCUT2D eigenvalue weighted by molar-refractivity contribution is 0.0950. The highest BCUT2D eigenvalue weighted by Gasteiger charge is 2.28. The molecular formula is C26H19ClF5N3O4S. The van der Waals surface area contributed by atoms with Gasteiger partial charge in [-0.15, -0.1) is 0 Å². The van der Waals surface area contributed by atoms with E-state index in [4.69, 9.17) is 16.3 Å². The predicted molar refractivity (Wildman–Crippen MR) is 137 cm³/mol. The lowest BCUT2D eigenvalue weighted by Gasteiger charge is -2.13. The number of hydrogen-bond donors (Lipinski definition) is 1. The number of fused-ring (bicyclic) bond motifs is 1. The molecule has 4 aromatic rings. The van der Waals surface area contributed by atoms with Gasteiger partial charge in [0.15, 0.2) is 0 Å². The van der Waals surface area contributed by atoms with Crippen LogP contribution in [0.1, 0.15) is 35.1 Å². The second-order valence-corrected chi connectivity index (χ2v) is 10.7. The van der Waals surface area contributed by atoms with E-state index in [1.54, 1.807) is 13.0 Å². The first-order chi connectivity index (χ1) is 18.9. The number of carbonyl (C=O) groups excluding carboxylic acids is 1. The van der Waals surface area contributed by atoms with Crippen LogP contribution in [-0.2, 0) is 16.4 Å². The van der Waals surface area contributed by atoms with Crippen molar-refractivity contribution >= 4 is 38.1 Å². The Balaban J connectivity index is 1.63. The Bertz CT molecular complexity index is 1700. The summed E-state index contributed by atoms with van der Waals surface area (Å²) in [5, 5.41) is 2.72. The van der Waals surface area contributed by atoms with Crippen molar-refractivity contribution in [2.45, 2.75) is 30.5 Å². The summed E-state index contributed by atoms with van der Waals surface area (Å²) >= 11 is 5.83. The van der Waals surface area contributed by atoms with E-state index in [2.05, 4.69) is 15.3 Å². The lowest BCUT2D eigenvalue weighted by atomic mass is 10.0. The van der Waals surface area contributed by atoms with E-state index in [0.29, 0.717) is 5.39 Å². The first-order valence-corrected chi connectivity index (χ1v) is 13.4. The standard InChI is InChI=1S/C26H19ClF5N3O4S/c1-2-39-25-19(5-6-21(35-25)23(29)30)18-4-3-13-11-33-16(10-20(13)22(18)28)12-34-24(36)14-7-15(27)9-17(8-14)40(37,38)26(31)32/h3-11,23,26H,2,12H2,1H3,(H,34,36). The Hall–Kier alpha value is -3.84. The maximum absolute atomic E-state index is 15.7. The largest absolute Gasteiger partial charge is 0.478 e. The number of halogens is 6. The smallest absolute Gasteiger partial charge is 0.341 e. The summed E-state index contributed by atoms with van der Waals surface area (Å²) in [6.45, 7) is 1.50. The third-order valence-corrected chi connectivity index (χ3v) is 7.28. The average molecular weight is 600 g/mol. The summed E-state index contributed by atoms with van der Waals surface area (Å²) in [6, 6.07) is 9.41. The van der Waals surface area contributed by atoms with Gasteiger partial charge in [-0.25, -0.2) is 26.6 Å². The number of nitrogens with one attached hydrogen (secondary N) is 1. The number of ether oxygens (including phenoxy) is 1. The molecule has 1 N–H and O–H groups in total. The van der Waals surface area contributed by atoms with Crippen molar-refractivity contribution in [1.82, 2.24) is 15.3 Å². The highest BCUT2D eigenvalue weighted by Crippen LogP contribution is 2.35. The normalized spacial score (nSPS) is 11.8. The maximum Gasteiger partial charge on any atom is 0.341 e. The number of aromatic nitrogens is 2. The number of pyridine rings is 2. The van der Waals surface area contributed by atoms with Crippen LogP contribution in [0.4, 0.5) is 22.0 Å². The van der Waals surface area contributed by atoms with Crippen molar-refractivity contribution in [3.63, 3.8) is 0 Å². The van der Waals surface area contributed by atoms with E-state index in [9.17, 15) is 30.8 Å². The fourth-order valence-electron chi connectivity index (χ4n) is 3.79. The fourth-order valence-corrected chi connectivity index (χ4v) is 4.88. The van der Waals surface area contributed by atoms with Crippen LogP contribution in [-0.4, -0.2) is 36.7 Å². The summed E-state index contributed by atoms with van der Waals surface area (Å²) in [7, 11) is -4.99. The van der Waals surface area contributed by atoms with Crippen LogP contribution in [0.2, 0.25) is 5.02 Å². The number of nitrogens with zero attached hydrogens (tertiary/aromatic N) is 2. The quantitative estimate of drug-likeness (QED) is 0.225. The van der Waals surface area contributed by atoms with E-state index in [1.165, 1.54) is 24.4 Å². The van der Waals surface area contributed by atoms with Gasteiger partial charge in [-0.3, -0.25) is 9.78 Å². The van der Waals surface area contributed by atoms with Crippen LogP contribution >= 0.6 is 11.6 Å². The monoisotopic (exact) mass is 599 g/mol. The molecule has 0 saturated carbocycles. The van der Waals surface area contributed by atoms with Gasteiger partial charge in [0, 0.05) is 38.7 Å². The second kappa shape index (κ2) is 11.7. The van der Waals surface area contributed by atoms with Gasteiger partial charge in [0.25, 0.3) is 12.3 Å². The first kappa shape index (κ1) is 29.2. The number of benzene rings is 2. The minimum absolute atomic E-state index is 0.0390. The molecule has 0 bridgehead atoms. The Labute approximate surface area is 229 Å². The Kier molecular flexibility index (Phi) is 8.54. The number of rotatable bonds is 9. The van der Waals surface area contributed by atoms with Crippen LogP contribution in [0.3, 0.4) is 0 Å². The minimum atomic E-state index is -4.99. The average Bonchev–Trinajstić information content (AvgIpc) is 2.92. The summed E-state index contributed by atoms with van der Waals surface area (Å²) in [5.74, 6) is -5.41. The van der Waals surface area contributed by atoms with Gasteiger partial charge in [-0.2, -0.15) is 8.78 Å². The van der Waals surface area contributed by atoms with E-state index >= 15 is 4.39 Å². The topological polar surface area (TPSA) is 98.2 Å². The highest BCUT2D eigenvalue weighted by atomic mass is 35.5. The molecule has 0 saturated heterocycles. The summed E-state index contributed by atoms with van der Waals surface area (Å²) in [5.41, 5.74) is -0.404. The molecule has 40 heavy (non-hydrogen) atoms. The molecule has 14 heteroatoms. The SMILES string of the molecule is CCOc1nc(C(F)F)ccc1-c1ccc2cnc(CNC(=O)c3cc(Cl)cc(S(=O)(=O)C(F)F)c3)cc2c1F. The highest BCUT2D eigenvalue weighted by molar-refractivity contribution is 7.91. The van der Waals surface area contributed by atoms with Crippen molar-refractivity contribution in [3.8, 4) is 17.0 Å². The molecule has 2 aromatic carbocycles. The Morgan fingerprint density at radius 1 is 1.05 bits per heavy atom. The third-order valence-electron chi connectivity index (χ3n) is 5.70. The van der Waals surface area contributed by atoms with Gasteiger partial charge in [-0.05, 0) is 43.3 Å². The molecule has 7 nitrogen and oxygen atoms in total. The van der Waals surface area contributed by atoms with Crippen LogP contribution in [0.15, 0.2) is 59.6 Å². The Morgan fingerprint density at radius 3 is 2.45 bits per heavy atom. The molecule has 2 heterocycles. The van der Waals surface area contributed by atoms with E-state index in [0.717, 1.165) is 24.3 Å². The van der Waals surface area contributed by atoms with Gasteiger partial charge in [0.2, 0.25) is 15.7 Å². The molecule has 2 aromatic heterocycles. The number of hydrogen-bond acceptors (Lipinski definition) is 6. The molecule has 0 aliphatic rings. The summed E-state index contributed by atoms with van der Waals surface area (Å²) in [6.07, 6.45) is -1.48. The Morgan fingerprint density at radius 2 is 1.77 bits per heavy atom. The van der Waals surface area contributed by atoms with Gasteiger partial charge >= 0.3 is 5.76 Å². The molecular weight excluding hydrogens is 581 g/mol. The third kappa shape index (κ3) is 5.99. The van der Waals surface area contributed by atoms with Crippen LogP contribution in [0.25, 0.3) is 21.9 Å². The minimum Gasteiger partial charge on any atom is -0.478 e. The zero-order valence-electron chi connectivity index (χ0n) is 20.5. The van der Waals surface area contributed by atoms with Gasteiger partial charge in [0.05, 0.1) is 23.7 Å². The molecule has 0 aliphatic carbocycles. The maximum atomic E-state index is 15.7. The van der Waals surface area contributed by atoms with Crippen molar-refractivity contribution in [3.05, 3.63) is 82.5 Å². The lowest BCUT2D eigenvalue weighted by Crippen LogP contribution is -2.24. The predicted octanol–water partition coefficient (Wildman–Crippen LogP) is 6.35. The zero-order valence-corrected chi connectivity index (χ0v) is 22.0. The summed E-state index contributed by atoms with van der Waals surface area (Å²) < 4.78 is 96.7. The number of sulfone groups is 1.